The van der Waals surface area contributed by atoms with Crippen molar-refractivity contribution >= 4 is 27.5 Å². The fraction of sp³-hybridized carbons (Fsp3) is 0.133. The van der Waals surface area contributed by atoms with Gasteiger partial charge in [0.2, 0.25) is 0 Å². The molecule has 0 radical (unpaired) electrons. The van der Waals surface area contributed by atoms with Gasteiger partial charge in [-0.15, -0.1) is 0 Å². The largest absolute Gasteiger partial charge is 0.322 e. The Hall–Kier alpha value is -1.68. The molecule has 2 aromatic carbocycles. The Bertz CT molecular complexity index is 613. The van der Waals surface area contributed by atoms with Crippen molar-refractivity contribution in [2.75, 3.05) is 5.32 Å². The summed E-state index contributed by atoms with van der Waals surface area (Å²) in [4.78, 5) is 12.1. The molecule has 0 unspecified atom stereocenters. The first-order chi connectivity index (χ1) is 9.11. The van der Waals surface area contributed by atoms with Crippen molar-refractivity contribution in [3.8, 4) is 0 Å². The minimum atomic E-state index is -0.433. The van der Waals surface area contributed by atoms with Crippen LogP contribution in [-0.4, -0.2) is 5.91 Å². The summed E-state index contributed by atoms with van der Waals surface area (Å²) in [6.07, 6.45) is 0.820. The van der Waals surface area contributed by atoms with Crippen molar-refractivity contribution in [2.24, 2.45) is 0 Å². The van der Waals surface area contributed by atoms with Crippen LogP contribution < -0.4 is 5.32 Å². The average molecular weight is 322 g/mol. The monoisotopic (exact) mass is 321 g/mol. The van der Waals surface area contributed by atoms with Gasteiger partial charge in [-0.05, 0) is 52.2 Å². The molecule has 4 heteroatoms. The standard InChI is InChI=1S/C15H13BrFNO/c1-2-10-5-3-4-6-14(10)18-15(19)12-9-11(17)7-8-13(12)16/h3-9H,2H2,1H3,(H,18,19). The van der Waals surface area contributed by atoms with Crippen molar-refractivity contribution < 1.29 is 9.18 Å². The summed E-state index contributed by atoms with van der Waals surface area (Å²) in [6, 6.07) is 11.6. The minimum Gasteiger partial charge on any atom is -0.322 e. The van der Waals surface area contributed by atoms with Gasteiger partial charge in [0.1, 0.15) is 5.82 Å². The van der Waals surface area contributed by atoms with Crippen LogP contribution in [0, 0.1) is 5.82 Å². The highest BCUT2D eigenvalue weighted by atomic mass is 79.9. The number of para-hydroxylation sites is 1. The van der Waals surface area contributed by atoms with E-state index in [1.807, 2.05) is 31.2 Å². The van der Waals surface area contributed by atoms with E-state index in [-0.39, 0.29) is 11.5 Å². The lowest BCUT2D eigenvalue weighted by Crippen LogP contribution is -2.14. The molecule has 98 valence electrons. The van der Waals surface area contributed by atoms with Crippen LogP contribution in [-0.2, 0) is 6.42 Å². The molecule has 1 amide bonds. The molecule has 2 nitrogen and oxygen atoms in total. The number of hydrogen-bond acceptors (Lipinski definition) is 1. The molecule has 0 atom stereocenters. The Morgan fingerprint density at radius 3 is 2.74 bits per heavy atom. The predicted molar refractivity (Wildman–Crippen MR) is 77.9 cm³/mol. The first-order valence-corrected chi connectivity index (χ1v) is 6.75. The number of aryl methyl sites for hydroxylation is 1. The quantitative estimate of drug-likeness (QED) is 0.891. The fourth-order valence-corrected chi connectivity index (χ4v) is 2.24. The van der Waals surface area contributed by atoms with E-state index in [1.165, 1.54) is 18.2 Å². The maximum Gasteiger partial charge on any atom is 0.256 e. The summed E-state index contributed by atoms with van der Waals surface area (Å²) in [5, 5.41) is 2.81. The van der Waals surface area contributed by atoms with Crippen LogP contribution in [0.15, 0.2) is 46.9 Å². The molecule has 0 saturated heterocycles. The Morgan fingerprint density at radius 2 is 2.00 bits per heavy atom. The van der Waals surface area contributed by atoms with Crippen molar-refractivity contribution in [1.82, 2.24) is 0 Å². The van der Waals surface area contributed by atoms with Gasteiger partial charge in [-0.3, -0.25) is 4.79 Å². The second-order valence-electron chi connectivity index (χ2n) is 4.09. The molecule has 0 heterocycles. The van der Waals surface area contributed by atoms with Crippen molar-refractivity contribution in [3.63, 3.8) is 0 Å². The summed E-state index contributed by atoms with van der Waals surface area (Å²) in [5.74, 6) is -0.760. The van der Waals surface area contributed by atoms with Crippen molar-refractivity contribution in [2.45, 2.75) is 13.3 Å². The molecule has 19 heavy (non-hydrogen) atoms. The molecule has 2 aromatic rings. The second-order valence-corrected chi connectivity index (χ2v) is 4.94. The van der Waals surface area contributed by atoms with Gasteiger partial charge in [0, 0.05) is 10.2 Å². The van der Waals surface area contributed by atoms with Crippen LogP contribution in [0.2, 0.25) is 0 Å². The normalized spacial score (nSPS) is 10.3. The van der Waals surface area contributed by atoms with Gasteiger partial charge < -0.3 is 5.32 Å². The molecular formula is C15H13BrFNO. The van der Waals surface area contributed by atoms with Gasteiger partial charge in [-0.1, -0.05) is 25.1 Å². The van der Waals surface area contributed by atoms with E-state index in [9.17, 15) is 9.18 Å². The van der Waals surface area contributed by atoms with Crippen LogP contribution >= 0.6 is 15.9 Å². The number of carbonyl (C=O) groups is 1. The van der Waals surface area contributed by atoms with Crippen LogP contribution in [0.4, 0.5) is 10.1 Å². The minimum absolute atomic E-state index is 0.283. The highest BCUT2D eigenvalue weighted by molar-refractivity contribution is 9.10. The van der Waals surface area contributed by atoms with E-state index in [4.69, 9.17) is 0 Å². The number of benzene rings is 2. The first-order valence-electron chi connectivity index (χ1n) is 5.96. The third-order valence-electron chi connectivity index (χ3n) is 2.82. The van der Waals surface area contributed by atoms with E-state index in [0.717, 1.165) is 17.7 Å². The van der Waals surface area contributed by atoms with Crippen LogP contribution in [0.25, 0.3) is 0 Å². The van der Waals surface area contributed by atoms with Gasteiger partial charge in [0.25, 0.3) is 5.91 Å². The van der Waals surface area contributed by atoms with Crippen molar-refractivity contribution in [1.29, 1.82) is 0 Å². The fourth-order valence-electron chi connectivity index (χ4n) is 1.81. The second kappa shape index (κ2) is 5.97. The van der Waals surface area contributed by atoms with Crippen LogP contribution in [0.3, 0.4) is 0 Å². The number of anilines is 1. The highest BCUT2D eigenvalue weighted by Crippen LogP contribution is 2.21. The summed E-state index contributed by atoms with van der Waals surface area (Å²) >= 11 is 3.25. The molecule has 0 aliphatic rings. The average Bonchev–Trinajstić information content (AvgIpc) is 2.42. The van der Waals surface area contributed by atoms with Gasteiger partial charge >= 0.3 is 0 Å². The Morgan fingerprint density at radius 1 is 1.26 bits per heavy atom. The van der Waals surface area contributed by atoms with E-state index in [2.05, 4.69) is 21.2 Å². The lowest BCUT2D eigenvalue weighted by Gasteiger charge is -2.10. The molecule has 0 fully saturated rings. The Labute approximate surface area is 119 Å². The van der Waals surface area contributed by atoms with E-state index in [1.54, 1.807) is 0 Å². The predicted octanol–water partition coefficient (Wildman–Crippen LogP) is 4.40. The molecule has 0 aliphatic heterocycles. The molecule has 0 aliphatic carbocycles. The molecule has 2 rings (SSSR count). The van der Waals surface area contributed by atoms with E-state index >= 15 is 0 Å². The van der Waals surface area contributed by atoms with Gasteiger partial charge in [0.05, 0.1) is 5.56 Å². The zero-order valence-electron chi connectivity index (χ0n) is 10.4. The number of amides is 1. The van der Waals surface area contributed by atoms with E-state index in [0.29, 0.717) is 4.47 Å². The third kappa shape index (κ3) is 3.20. The van der Waals surface area contributed by atoms with Gasteiger partial charge in [-0.2, -0.15) is 0 Å². The zero-order valence-corrected chi connectivity index (χ0v) is 12.0. The first kappa shape index (κ1) is 13.7. The smallest absolute Gasteiger partial charge is 0.256 e. The zero-order chi connectivity index (χ0) is 13.8. The summed E-state index contributed by atoms with van der Waals surface area (Å²) in [6.45, 7) is 2.02. The maximum absolute atomic E-state index is 13.2. The Kier molecular flexibility index (Phi) is 4.32. The van der Waals surface area contributed by atoms with Gasteiger partial charge in [0.15, 0.2) is 0 Å². The summed E-state index contributed by atoms with van der Waals surface area (Å²) in [7, 11) is 0. The number of rotatable bonds is 3. The number of hydrogen-bond donors (Lipinski definition) is 1. The topological polar surface area (TPSA) is 29.1 Å². The number of carbonyl (C=O) groups excluding carboxylic acids is 1. The van der Waals surface area contributed by atoms with E-state index < -0.39 is 5.82 Å². The lowest BCUT2D eigenvalue weighted by atomic mass is 10.1. The Balaban J connectivity index is 2.28. The third-order valence-corrected chi connectivity index (χ3v) is 3.51. The number of nitrogens with one attached hydrogen (secondary N) is 1. The lowest BCUT2D eigenvalue weighted by molar-refractivity contribution is 0.102. The molecule has 1 N–H and O–H groups in total. The molecular weight excluding hydrogens is 309 g/mol. The number of halogens is 2. The molecule has 0 spiro atoms. The van der Waals surface area contributed by atoms with Crippen molar-refractivity contribution in [3.05, 3.63) is 63.9 Å². The van der Waals surface area contributed by atoms with Crippen LogP contribution in [0.5, 0.6) is 0 Å². The molecule has 0 aromatic heterocycles. The van der Waals surface area contributed by atoms with Crippen LogP contribution in [0.1, 0.15) is 22.8 Å². The SMILES string of the molecule is CCc1ccccc1NC(=O)c1cc(F)ccc1Br. The van der Waals surface area contributed by atoms with Gasteiger partial charge in [-0.25, -0.2) is 4.39 Å². The molecule has 0 saturated carbocycles. The summed E-state index contributed by atoms with van der Waals surface area (Å²) < 4.78 is 13.8. The maximum atomic E-state index is 13.2. The molecule has 0 bridgehead atoms. The summed E-state index contributed by atoms with van der Waals surface area (Å²) in [5.41, 5.74) is 2.08. The highest BCUT2D eigenvalue weighted by Gasteiger charge is 2.12.